The zero-order chi connectivity index (χ0) is 18.8. The van der Waals surface area contributed by atoms with Gasteiger partial charge in [-0.1, -0.05) is 24.3 Å². The highest BCUT2D eigenvalue weighted by Crippen LogP contribution is 2.19. The van der Waals surface area contributed by atoms with Gasteiger partial charge in [0.25, 0.3) is 5.91 Å². The van der Waals surface area contributed by atoms with E-state index in [9.17, 15) is 14.4 Å². The number of fused-ring (bicyclic) bond motifs is 1. The Kier molecular flexibility index (Phi) is 4.46. The molecule has 6 nitrogen and oxygen atoms in total. The van der Waals surface area contributed by atoms with E-state index < -0.39 is 5.91 Å². The molecule has 1 heterocycles. The molecule has 0 unspecified atom stereocenters. The molecule has 27 heavy (non-hydrogen) atoms. The fourth-order valence-corrected chi connectivity index (χ4v) is 2.81. The van der Waals surface area contributed by atoms with Crippen LogP contribution in [-0.4, -0.2) is 17.9 Å². The Balaban J connectivity index is 1.44. The lowest BCUT2D eigenvalue weighted by molar-refractivity contribution is -0.120. The van der Waals surface area contributed by atoms with E-state index in [0.29, 0.717) is 29.1 Å². The van der Waals surface area contributed by atoms with Gasteiger partial charge >= 0.3 is 0 Å². The number of carbonyl (C=O) groups is 2. The van der Waals surface area contributed by atoms with Crippen molar-refractivity contribution in [3.8, 4) is 0 Å². The summed E-state index contributed by atoms with van der Waals surface area (Å²) in [5.74, 6) is -0.545. The molecule has 2 aromatic carbocycles. The van der Waals surface area contributed by atoms with Crippen LogP contribution in [0.4, 0.5) is 5.69 Å². The summed E-state index contributed by atoms with van der Waals surface area (Å²) in [6.45, 7) is 0. The Morgan fingerprint density at radius 3 is 2.52 bits per heavy atom. The molecular weight excluding hydrogens is 344 g/mol. The average Bonchev–Trinajstić information content (AvgIpc) is 3.47. The summed E-state index contributed by atoms with van der Waals surface area (Å²) in [4.78, 5) is 36.3. The number of nitrogens with one attached hydrogen (secondary N) is 2. The van der Waals surface area contributed by atoms with E-state index >= 15 is 0 Å². The van der Waals surface area contributed by atoms with Gasteiger partial charge in [0, 0.05) is 17.8 Å². The second-order valence-electron chi connectivity index (χ2n) is 6.64. The van der Waals surface area contributed by atoms with Gasteiger partial charge in [0.2, 0.25) is 5.91 Å². The van der Waals surface area contributed by atoms with Crippen LogP contribution in [0, 0.1) is 0 Å². The minimum Gasteiger partial charge on any atom is -0.451 e. The second-order valence-corrected chi connectivity index (χ2v) is 6.64. The third-order valence-corrected chi connectivity index (χ3v) is 4.38. The van der Waals surface area contributed by atoms with Crippen LogP contribution in [0.3, 0.4) is 0 Å². The van der Waals surface area contributed by atoms with E-state index in [1.807, 2.05) is 0 Å². The van der Waals surface area contributed by atoms with Crippen molar-refractivity contribution in [2.45, 2.75) is 25.3 Å². The third-order valence-electron chi connectivity index (χ3n) is 4.38. The molecule has 1 aliphatic carbocycles. The van der Waals surface area contributed by atoms with Gasteiger partial charge in [0.1, 0.15) is 5.58 Å². The van der Waals surface area contributed by atoms with Gasteiger partial charge in [-0.3, -0.25) is 14.4 Å². The van der Waals surface area contributed by atoms with Crippen molar-refractivity contribution in [2.24, 2.45) is 0 Å². The molecule has 0 atom stereocenters. The fraction of sp³-hybridized carbons (Fsp3) is 0.190. The topological polar surface area (TPSA) is 88.4 Å². The Hall–Kier alpha value is -3.41. The van der Waals surface area contributed by atoms with E-state index in [2.05, 4.69) is 10.6 Å². The minimum atomic E-state index is -0.503. The number of hydrogen-bond acceptors (Lipinski definition) is 4. The van der Waals surface area contributed by atoms with E-state index in [-0.39, 0.29) is 17.1 Å². The summed E-state index contributed by atoms with van der Waals surface area (Å²) in [6, 6.07) is 15.3. The number of rotatable bonds is 5. The first-order valence-electron chi connectivity index (χ1n) is 8.81. The number of amides is 2. The van der Waals surface area contributed by atoms with E-state index in [4.69, 9.17) is 4.42 Å². The largest absolute Gasteiger partial charge is 0.451 e. The fourth-order valence-electron chi connectivity index (χ4n) is 2.81. The van der Waals surface area contributed by atoms with Crippen LogP contribution in [0.25, 0.3) is 11.0 Å². The van der Waals surface area contributed by atoms with Gasteiger partial charge in [-0.15, -0.1) is 0 Å². The summed E-state index contributed by atoms with van der Waals surface area (Å²) in [6.07, 6.45) is 2.42. The van der Waals surface area contributed by atoms with Crippen molar-refractivity contribution in [3.05, 3.63) is 76.1 Å². The maximum atomic E-state index is 12.4. The van der Waals surface area contributed by atoms with Crippen molar-refractivity contribution in [2.75, 3.05) is 5.32 Å². The monoisotopic (exact) mass is 362 g/mol. The molecule has 0 aliphatic heterocycles. The lowest BCUT2D eigenvalue weighted by Gasteiger charge is -2.07. The zero-order valence-corrected chi connectivity index (χ0v) is 14.5. The van der Waals surface area contributed by atoms with Crippen molar-refractivity contribution in [1.82, 2.24) is 5.32 Å². The first kappa shape index (κ1) is 17.0. The molecule has 0 bridgehead atoms. The summed E-state index contributed by atoms with van der Waals surface area (Å²) in [7, 11) is 0. The molecule has 4 rings (SSSR count). The Morgan fingerprint density at radius 2 is 1.78 bits per heavy atom. The number of anilines is 1. The molecule has 2 N–H and O–H groups in total. The van der Waals surface area contributed by atoms with Crippen molar-refractivity contribution < 1.29 is 14.0 Å². The molecule has 0 spiro atoms. The van der Waals surface area contributed by atoms with Gasteiger partial charge < -0.3 is 15.1 Å². The highest BCUT2D eigenvalue weighted by Gasteiger charge is 2.23. The lowest BCUT2D eigenvalue weighted by atomic mass is 10.1. The Morgan fingerprint density at radius 1 is 1.04 bits per heavy atom. The number of carbonyl (C=O) groups excluding carboxylic acids is 2. The van der Waals surface area contributed by atoms with Crippen LogP contribution in [0.2, 0.25) is 0 Å². The predicted molar refractivity (Wildman–Crippen MR) is 102 cm³/mol. The van der Waals surface area contributed by atoms with Crippen LogP contribution in [0.5, 0.6) is 0 Å². The highest BCUT2D eigenvalue weighted by atomic mass is 16.3. The maximum absolute atomic E-state index is 12.4. The standard InChI is InChI=1S/C21H18N2O4/c24-17-12-19(27-18-4-2-1-3-16(17)18)21(26)23-15-7-5-13(6-8-15)11-20(25)22-14-9-10-14/h1-8,12,14H,9-11H2,(H,22,25)(H,23,26). The van der Waals surface area contributed by atoms with Gasteiger partial charge in [0.05, 0.1) is 11.8 Å². The highest BCUT2D eigenvalue weighted by molar-refractivity contribution is 6.03. The molecule has 136 valence electrons. The Bertz CT molecular complexity index is 1070. The lowest BCUT2D eigenvalue weighted by Crippen LogP contribution is -2.26. The number of benzene rings is 2. The third kappa shape index (κ3) is 4.06. The Labute approximate surface area is 155 Å². The van der Waals surface area contributed by atoms with Crippen molar-refractivity contribution in [3.63, 3.8) is 0 Å². The summed E-state index contributed by atoms with van der Waals surface area (Å²) in [5, 5.41) is 6.07. The molecular formula is C21H18N2O4. The van der Waals surface area contributed by atoms with Crippen LogP contribution < -0.4 is 16.1 Å². The van der Waals surface area contributed by atoms with Gasteiger partial charge in [0.15, 0.2) is 11.2 Å². The van der Waals surface area contributed by atoms with E-state index in [1.54, 1.807) is 48.5 Å². The first-order chi connectivity index (χ1) is 13.1. The van der Waals surface area contributed by atoms with Gasteiger partial charge in [-0.25, -0.2) is 0 Å². The molecule has 2 amide bonds. The molecule has 1 aliphatic rings. The second kappa shape index (κ2) is 7.07. The van der Waals surface area contributed by atoms with Crippen LogP contribution in [0.1, 0.15) is 29.0 Å². The number of hydrogen-bond donors (Lipinski definition) is 2. The molecule has 1 saturated carbocycles. The number of para-hydroxylation sites is 1. The summed E-state index contributed by atoms with van der Waals surface area (Å²) < 4.78 is 5.53. The van der Waals surface area contributed by atoms with Gasteiger partial charge in [-0.05, 0) is 42.7 Å². The molecule has 1 aromatic heterocycles. The normalized spacial score (nSPS) is 13.3. The maximum Gasteiger partial charge on any atom is 0.291 e. The SMILES string of the molecule is O=C(Cc1ccc(NC(=O)c2cc(=O)c3ccccc3o2)cc1)NC1CC1. The first-order valence-corrected chi connectivity index (χ1v) is 8.81. The summed E-state index contributed by atoms with van der Waals surface area (Å²) in [5.41, 5.74) is 1.52. The zero-order valence-electron chi connectivity index (χ0n) is 14.5. The van der Waals surface area contributed by atoms with Crippen molar-refractivity contribution in [1.29, 1.82) is 0 Å². The minimum absolute atomic E-state index is 0.00669. The molecule has 0 saturated heterocycles. The average molecular weight is 362 g/mol. The van der Waals surface area contributed by atoms with Gasteiger partial charge in [-0.2, -0.15) is 0 Å². The van der Waals surface area contributed by atoms with Crippen LogP contribution in [0.15, 0.2) is 63.8 Å². The quantitative estimate of drug-likeness (QED) is 0.730. The van der Waals surface area contributed by atoms with Crippen LogP contribution in [-0.2, 0) is 11.2 Å². The smallest absolute Gasteiger partial charge is 0.291 e. The van der Waals surface area contributed by atoms with E-state index in [1.165, 1.54) is 6.07 Å². The van der Waals surface area contributed by atoms with Crippen molar-refractivity contribution >= 4 is 28.5 Å². The summed E-state index contributed by atoms with van der Waals surface area (Å²) >= 11 is 0. The predicted octanol–water partition coefficient (Wildman–Crippen LogP) is 2.87. The molecule has 1 fully saturated rings. The van der Waals surface area contributed by atoms with Crippen LogP contribution >= 0.6 is 0 Å². The van der Waals surface area contributed by atoms with E-state index in [0.717, 1.165) is 18.4 Å². The molecule has 6 heteroatoms. The molecule has 0 radical (unpaired) electrons. The molecule has 3 aromatic rings.